The minimum atomic E-state index is 0.303. The van der Waals surface area contributed by atoms with Crippen molar-refractivity contribution < 1.29 is 0 Å². The first-order valence-electron chi connectivity index (χ1n) is 5.51. The van der Waals surface area contributed by atoms with E-state index in [1.807, 2.05) is 11.3 Å². The Morgan fingerprint density at radius 3 is 3.00 bits per heavy atom. The van der Waals surface area contributed by atoms with Crippen LogP contribution in [0.25, 0.3) is 0 Å². The maximum Gasteiger partial charge on any atom is 0.0174 e. The molecule has 84 valence electrons. The molecule has 0 saturated carbocycles. The van der Waals surface area contributed by atoms with Crippen molar-refractivity contribution in [3.63, 3.8) is 0 Å². The largest absolute Gasteiger partial charge is 0.329 e. The summed E-state index contributed by atoms with van der Waals surface area (Å²) in [5, 5.41) is 2.14. The zero-order valence-corrected chi connectivity index (χ0v) is 9.75. The van der Waals surface area contributed by atoms with Crippen molar-refractivity contribution in [2.75, 3.05) is 26.2 Å². The van der Waals surface area contributed by atoms with Crippen LogP contribution in [-0.4, -0.2) is 37.1 Å². The summed E-state index contributed by atoms with van der Waals surface area (Å²) in [6, 6.07) is 4.64. The number of hydrogen-bond acceptors (Lipinski definition) is 4. The molecular weight excluding hydrogens is 206 g/mol. The van der Waals surface area contributed by atoms with E-state index in [-0.39, 0.29) is 0 Å². The van der Waals surface area contributed by atoms with E-state index in [0.29, 0.717) is 12.0 Å². The van der Waals surface area contributed by atoms with Crippen LogP contribution in [0.3, 0.4) is 0 Å². The Morgan fingerprint density at radius 1 is 1.47 bits per heavy atom. The molecule has 2 rings (SSSR count). The predicted octanol–water partition coefficient (Wildman–Crippen LogP) is 0.823. The Kier molecular flexibility index (Phi) is 3.75. The topological polar surface area (TPSA) is 55.3 Å². The van der Waals surface area contributed by atoms with Crippen molar-refractivity contribution in [2.45, 2.75) is 18.4 Å². The fourth-order valence-corrected chi connectivity index (χ4v) is 3.16. The van der Waals surface area contributed by atoms with E-state index in [1.165, 1.54) is 4.88 Å². The molecule has 0 spiro atoms. The number of thiophene rings is 1. The summed E-state index contributed by atoms with van der Waals surface area (Å²) in [5.74, 6) is 0.611. The molecule has 4 N–H and O–H groups in total. The summed E-state index contributed by atoms with van der Waals surface area (Å²) < 4.78 is 0. The van der Waals surface area contributed by atoms with Crippen LogP contribution in [0.1, 0.15) is 17.2 Å². The molecule has 4 heteroatoms. The van der Waals surface area contributed by atoms with Gasteiger partial charge < -0.3 is 11.5 Å². The Hall–Kier alpha value is -0.420. The third kappa shape index (κ3) is 2.78. The van der Waals surface area contributed by atoms with E-state index in [0.717, 1.165) is 32.6 Å². The molecule has 2 atom stereocenters. The van der Waals surface area contributed by atoms with Gasteiger partial charge in [-0.1, -0.05) is 6.07 Å². The van der Waals surface area contributed by atoms with Crippen LogP contribution in [0.2, 0.25) is 0 Å². The Bertz CT molecular complexity index is 286. The van der Waals surface area contributed by atoms with Gasteiger partial charge in [0, 0.05) is 43.0 Å². The Balaban J connectivity index is 2.00. The van der Waals surface area contributed by atoms with Crippen LogP contribution in [0.15, 0.2) is 17.5 Å². The predicted molar refractivity (Wildman–Crippen MR) is 65.1 cm³/mol. The molecule has 2 heterocycles. The molecule has 0 bridgehead atoms. The molecule has 1 aromatic heterocycles. The second kappa shape index (κ2) is 5.07. The summed E-state index contributed by atoms with van der Waals surface area (Å²) in [6.45, 7) is 3.81. The first-order chi connectivity index (χ1) is 7.29. The maximum atomic E-state index is 6.07. The average molecular weight is 225 g/mol. The summed E-state index contributed by atoms with van der Waals surface area (Å²) in [7, 11) is 0. The van der Waals surface area contributed by atoms with E-state index in [1.54, 1.807) is 0 Å². The van der Waals surface area contributed by atoms with E-state index in [2.05, 4.69) is 22.4 Å². The summed E-state index contributed by atoms with van der Waals surface area (Å²) in [5.41, 5.74) is 11.7. The molecular formula is C11H19N3S. The number of nitrogens with zero attached hydrogens (tertiary/aromatic N) is 1. The van der Waals surface area contributed by atoms with Crippen molar-refractivity contribution >= 4 is 11.3 Å². The summed E-state index contributed by atoms with van der Waals surface area (Å²) in [4.78, 5) is 3.85. The highest BCUT2D eigenvalue weighted by Crippen LogP contribution is 2.29. The van der Waals surface area contributed by atoms with Gasteiger partial charge in [-0.3, -0.25) is 4.90 Å². The number of likely N-dealkylation sites (tertiary alicyclic amines) is 1. The third-order valence-electron chi connectivity index (χ3n) is 2.95. The highest BCUT2D eigenvalue weighted by atomic mass is 32.1. The summed E-state index contributed by atoms with van der Waals surface area (Å²) in [6.07, 6.45) is 1.11. The van der Waals surface area contributed by atoms with Gasteiger partial charge in [-0.05, 0) is 17.9 Å². The van der Waals surface area contributed by atoms with E-state index in [4.69, 9.17) is 11.5 Å². The van der Waals surface area contributed by atoms with Crippen molar-refractivity contribution in [3.05, 3.63) is 22.4 Å². The van der Waals surface area contributed by atoms with Gasteiger partial charge in [0.05, 0.1) is 0 Å². The molecule has 0 aromatic carbocycles. The van der Waals surface area contributed by atoms with Crippen molar-refractivity contribution in [1.29, 1.82) is 0 Å². The van der Waals surface area contributed by atoms with Crippen LogP contribution in [0.5, 0.6) is 0 Å². The highest BCUT2D eigenvalue weighted by molar-refractivity contribution is 7.10. The van der Waals surface area contributed by atoms with Gasteiger partial charge in [-0.15, -0.1) is 11.3 Å². The molecule has 1 saturated heterocycles. The van der Waals surface area contributed by atoms with Gasteiger partial charge in [0.1, 0.15) is 0 Å². The van der Waals surface area contributed by atoms with Crippen LogP contribution in [0, 0.1) is 0 Å². The second-order valence-electron chi connectivity index (χ2n) is 4.26. The maximum absolute atomic E-state index is 6.07. The lowest BCUT2D eigenvalue weighted by molar-refractivity contribution is 0.195. The summed E-state index contributed by atoms with van der Waals surface area (Å²) >= 11 is 1.84. The highest BCUT2D eigenvalue weighted by Gasteiger charge is 2.26. The molecule has 1 fully saturated rings. The second-order valence-corrected chi connectivity index (χ2v) is 5.24. The standard InChI is InChI=1S/C11H19N3S/c12-3-4-14-7-9(6-10(13)8-14)11-2-1-5-15-11/h1-2,5,9-10H,3-4,6-8,12-13H2. The molecule has 15 heavy (non-hydrogen) atoms. The molecule has 0 radical (unpaired) electrons. The minimum Gasteiger partial charge on any atom is -0.329 e. The zero-order chi connectivity index (χ0) is 10.7. The van der Waals surface area contributed by atoms with Crippen LogP contribution < -0.4 is 11.5 Å². The molecule has 1 aromatic rings. The lowest BCUT2D eigenvalue weighted by Crippen LogP contribution is -2.47. The quantitative estimate of drug-likeness (QED) is 0.801. The van der Waals surface area contributed by atoms with Gasteiger partial charge in [-0.2, -0.15) is 0 Å². The van der Waals surface area contributed by atoms with Crippen LogP contribution >= 0.6 is 11.3 Å². The smallest absolute Gasteiger partial charge is 0.0174 e. The normalized spacial score (nSPS) is 28.1. The molecule has 2 unspecified atom stereocenters. The van der Waals surface area contributed by atoms with E-state index < -0.39 is 0 Å². The zero-order valence-electron chi connectivity index (χ0n) is 8.93. The lowest BCUT2D eigenvalue weighted by Gasteiger charge is -2.35. The van der Waals surface area contributed by atoms with Gasteiger partial charge in [-0.25, -0.2) is 0 Å². The fraction of sp³-hybridized carbons (Fsp3) is 0.636. The van der Waals surface area contributed by atoms with Gasteiger partial charge in [0.2, 0.25) is 0 Å². The first-order valence-corrected chi connectivity index (χ1v) is 6.39. The Morgan fingerprint density at radius 2 is 2.33 bits per heavy atom. The average Bonchev–Trinajstić information content (AvgIpc) is 2.70. The fourth-order valence-electron chi connectivity index (χ4n) is 2.33. The lowest BCUT2D eigenvalue weighted by atomic mass is 9.93. The monoisotopic (exact) mass is 225 g/mol. The van der Waals surface area contributed by atoms with Gasteiger partial charge >= 0.3 is 0 Å². The first kappa shape index (κ1) is 11.1. The number of rotatable bonds is 3. The molecule has 0 amide bonds. The number of hydrogen-bond donors (Lipinski definition) is 2. The van der Waals surface area contributed by atoms with E-state index >= 15 is 0 Å². The third-order valence-corrected chi connectivity index (χ3v) is 3.98. The van der Waals surface area contributed by atoms with Crippen molar-refractivity contribution in [3.8, 4) is 0 Å². The Labute approximate surface area is 95.1 Å². The molecule has 1 aliphatic heterocycles. The molecule has 1 aliphatic rings. The van der Waals surface area contributed by atoms with Crippen LogP contribution in [0.4, 0.5) is 0 Å². The minimum absolute atomic E-state index is 0.303. The molecule has 0 aliphatic carbocycles. The van der Waals surface area contributed by atoms with Gasteiger partial charge in [0.25, 0.3) is 0 Å². The van der Waals surface area contributed by atoms with E-state index in [9.17, 15) is 0 Å². The SMILES string of the molecule is NCCN1CC(N)CC(c2cccs2)C1. The van der Waals surface area contributed by atoms with Crippen molar-refractivity contribution in [1.82, 2.24) is 4.90 Å². The number of piperidine rings is 1. The molecule has 3 nitrogen and oxygen atoms in total. The van der Waals surface area contributed by atoms with Gasteiger partial charge in [0.15, 0.2) is 0 Å². The number of nitrogens with two attached hydrogens (primary N) is 2. The van der Waals surface area contributed by atoms with Crippen LogP contribution in [-0.2, 0) is 0 Å². The van der Waals surface area contributed by atoms with Crippen molar-refractivity contribution in [2.24, 2.45) is 11.5 Å².